The molecule has 4 atom stereocenters. The van der Waals surface area contributed by atoms with Crippen LogP contribution in [0.25, 0.3) is 0 Å². The summed E-state index contributed by atoms with van der Waals surface area (Å²) in [6, 6.07) is 0. The van der Waals surface area contributed by atoms with E-state index in [1.165, 1.54) is 25.7 Å². The van der Waals surface area contributed by atoms with Gasteiger partial charge < -0.3 is 9.84 Å². The number of hydrogen-bond acceptors (Lipinski definition) is 4. The average Bonchev–Trinajstić information content (AvgIpc) is 3.09. The summed E-state index contributed by atoms with van der Waals surface area (Å²) in [5.41, 5.74) is 0. The largest absolute Gasteiger partial charge is 0.339 e. The zero-order chi connectivity index (χ0) is 12.5. The van der Waals surface area contributed by atoms with Gasteiger partial charge in [0.15, 0.2) is 5.82 Å². The normalized spacial score (nSPS) is 32.0. The summed E-state index contributed by atoms with van der Waals surface area (Å²) < 4.78 is 5.44. The topological polar surface area (TPSA) is 51.0 Å². The number of likely N-dealkylation sites (N-methyl/N-ethyl adjacent to an activating group) is 1. The molecule has 3 rings (SSSR count). The minimum Gasteiger partial charge on any atom is -0.339 e. The summed E-state index contributed by atoms with van der Waals surface area (Å²) in [5, 5.41) is 7.56. The maximum atomic E-state index is 5.44. The highest BCUT2D eigenvalue weighted by molar-refractivity contribution is 5.07. The predicted octanol–water partition coefficient (Wildman–Crippen LogP) is 2.69. The smallest absolute Gasteiger partial charge is 0.230 e. The van der Waals surface area contributed by atoms with Gasteiger partial charge in [0.05, 0.1) is 0 Å². The van der Waals surface area contributed by atoms with Gasteiger partial charge in [-0.3, -0.25) is 0 Å². The monoisotopic (exact) mass is 249 g/mol. The van der Waals surface area contributed by atoms with Crippen molar-refractivity contribution in [3.05, 3.63) is 11.7 Å². The van der Waals surface area contributed by atoms with Gasteiger partial charge in [-0.25, -0.2) is 0 Å². The Balaban J connectivity index is 1.66. The third-order valence-electron chi connectivity index (χ3n) is 4.65. The van der Waals surface area contributed by atoms with E-state index in [4.69, 9.17) is 4.52 Å². The van der Waals surface area contributed by atoms with Crippen LogP contribution in [0.1, 0.15) is 63.1 Å². The first-order chi connectivity index (χ1) is 8.78. The molecule has 1 N–H and O–H groups in total. The van der Waals surface area contributed by atoms with Crippen LogP contribution < -0.4 is 5.32 Å². The Hall–Kier alpha value is -0.900. The van der Waals surface area contributed by atoms with Crippen LogP contribution in [0.3, 0.4) is 0 Å². The molecule has 2 aliphatic carbocycles. The van der Waals surface area contributed by atoms with Crippen LogP contribution in [0.15, 0.2) is 4.52 Å². The number of hydrogen-bond donors (Lipinski definition) is 1. The van der Waals surface area contributed by atoms with Crippen molar-refractivity contribution < 1.29 is 4.52 Å². The van der Waals surface area contributed by atoms with Crippen LogP contribution in [-0.4, -0.2) is 23.2 Å². The fraction of sp³-hybridized carbons (Fsp3) is 0.857. The molecule has 0 aromatic carbocycles. The second-order valence-corrected chi connectivity index (χ2v) is 5.98. The number of nitrogens with one attached hydrogen (secondary N) is 1. The van der Waals surface area contributed by atoms with Gasteiger partial charge in [-0.05, 0) is 37.6 Å². The van der Waals surface area contributed by atoms with Gasteiger partial charge in [0, 0.05) is 18.4 Å². The highest BCUT2D eigenvalue weighted by Crippen LogP contribution is 2.52. The Morgan fingerprint density at radius 2 is 2.28 bits per heavy atom. The van der Waals surface area contributed by atoms with Crippen LogP contribution in [-0.2, 0) is 0 Å². The molecule has 2 saturated carbocycles. The van der Waals surface area contributed by atoms with E-state index in [0.717, 1.165) is 36.6 Å². The highest BCUT2D eigenvalue weighted by atomic mass is 16.5. The number of fused-ring (bicyclic) bond motifs is 2. The van der Waals surface area contributed by atoms with Gasteiger partial charge in [-0.1, -0.05) is 25.4 Å². The number of nitrogens with zero attached hydrogens (tertiary/aromatic N) is 2. The Morgan fingerprint density at radius 1 is 1.39 bits per heavy atom. The van der Waals surface area contributed by atoms with E-state index in [1.54, 1.807) is 0 Å². The van der Waals surface area contributed by atoms with Crippen molar-refractivity contribution in [2.24, 2.45) is 11.8 Å². The van der Waals surface area contributed by atoms with E-state index >= 15 is 0 Å². The van der Waals surface area contributed by atoms with E-state index in [-0.39, 0.29) is 0 Å². The van der Waals surface area contributed by atoms with Crippen LogP contribution >= 0.6 is 0 Å². The van der Waals surface area contributed by atoms with Crippen molar-refractivity contribution in [3.8, 4) is 0 Å². The van der Waals surface area contributed by atoms with Gasteiger partial charge in [0.2, 0.25) is 5.89 Å². The van der Waals surface area contributed by atoms with Gasteiger partial charge >= 0.3 is 0 Å². The Morgan fingerprint density at radius 3 is 2.94 bits per heavy atom. The van der Waals surface area contributed by atoms with Crippen LogP contribution in [0.2, 0.25) is 0 Å². The van der Waals surface area contributed by atoms with Crippen molar-refractivity contribution in [3.63, 3.8) is 0 Å². The summed E-state index contributed by atoms with van der Waals surface area (Å²) in [5.74, 6) is 4.41. The molecule has 0 aliphatic heterocycles. The lowest BCUT2D eigenvalue weighted by molar-refractivity contribution is 0.338. The van der Waals surface area contributed by atoms with Crippen molar-refractivity contribution in [2.45, 2.75) is 51.4 Å². The summed E-state index contributed by atoms with van der Waals surface area (Å²) in [7, 11) is 0. The van der Waals surface area contributed by atoms with E-state index in [0.29, 0.717) is 11.8 Å². The third kappa shape index (κ3) is 2.18. The van der Waals surface area contributed by atoms with Crippen LogP contribution in [0.4, 0.5) is 0 Å². The fourth-order valence-corrected chi connectivity index (χ4v) is 3.61. The van der Waals surface area contributed by atoms with Crippen molar-refractivity contribution in [1.82, 2.24) is 15.5 Å². The average molecular weight is 249 g/mol. The van der Waals surface area contributed by atoms with Crippen LogP contribution in [0.5, 0.6) is 0 Å². The fourth-order valence-electron chi connectivity index (χ4n) is 3.61. The van der Waals surface area contributed by atoms with Gasteiger partial charge in [-0.15, -0.1) is 0 Å². The summed E-state index contributed by atoms with van der Waals surface area (Å²) in [6.45, 7) is 6.15. The lowest BCUT2D eigenvalue weighted by Gasteiger charge is -2.17. The Kier molecular flexibility index (Phi) is 3.37. The van der Waals surface area contributed by atoms with Crippen molar-refractivity contribution >= 4 is 0 Å². The Bertz CT molecular complexity index is 403. The Labute approximate surface area is 109 Å². The first-order valence-electron chi connectivity index (χ1n) is 7.32. The molecule has 2 aliphatic rings. The molecule has 1 aromatic rings. The predicted molar refractivity (Wildman–Crippen MR) is 69.4 cm³/mol. The molecule has 100 valence electrons. The van der Waals surface area contributed by atoms with Gasteiger partial charge in [0.25, 0.3) is 0 Å². The second kappa shape index (κ2) is 5.00. The maximum absolute atomic E-state index is 5.44. The van der Waals surface area contributed by atoms with Crippen LogP contribution in [0, 0.1) is 11.8 Å². The van der Waals surface area contributed by atoms with Crippen molar-refractivity contribution in [1.29, 1.82) is 0 Å². The minimum atomic E-state index is 0.310. The van der Waals surface area contributed by atoms with E-state index in [2.05, 4.69) is 29.3 Å². The molecule has 1 aromatic heterocycles. The lowest BCUT2D eigenvalue weighted by atomic mass is 9.88. The SMILES string of the molecule is CCNCC(C)c1nc(C2CC3CCC2C3)no1. The van der Waals surface area contributed by atoms with E-state index in [9.17, 15) is 0 Å². The molecular formula is C14H23N3O. The highest BCUT2D eigenvalue weighted by Gasteiger charge is 2.42. The van der Waals surface area contributed by atoms with E-state index in [1.807, 2.05) is 0 Å². The minimum absolute atomic E-state index is 0.310. The van der Waals surface area contributed by atoms with Gasteiger partial charge in [-0.2, -0.15) is 4.98 Å². The summed E-state index contributed by atoms with van der Waals surface area (Å²) >= 11 is 0. The molecule has 1 heterocycles. The lowest BCUT2D eigenvalue weighted by Crippen LogP contribution is -2.19. The molecule has 0 amide bonds. The molecule has 4 nitrogen and oxygen atoms in total. The molecule has 0 spiro atoms. The summed E-state index contributed by atoms with van der Waals surface area (Å²) in [4.78, 5) is 4.65. The molecule has 2 bridgehead atoms. The third-order valence-corrected chi connectivity index (χ3v) is 4.65. The molecule has 0 radical (unpaired) electrons. The standard InChI is InChI=1S/C14H23N3O/c1-3-15-8-9(2)14-16-13(17-18-14)12-7-10-4-5-11(12)6-10/h9-12,15H,3-8H2,1-2H3. The van der Waals surface area contributed by atoms with E-state index < -0.39 is 0 Å². The maximum Gasteiger partial charge on any atom is 0.230 e. The molecule has 18 heavy (non-hydrogen) atoms. The number of aromatic nitrogens is 2. The molecule has 4 unspecified atom stereocenters. The number of rotatable bonds is 5. The zero-order valence-electron chi connectivity index (χ0n) is 11.4. The molecule has 0 saturated heterocycles. The zero-order valence-corrected chi connectivity index (χ0v) is 11.4. The first kappa shape index (κ1) is 12.2. The van der Waals surface area contributed by atoms with Crippen molar-refractivity contribution in [2.75, 3.05) is 13.1 Å². The summed E-state index contributed by atoms with van der Waals surface area (Å²) in [6.07, 6.45) is 5.46. The first-order valence-corrected chi connectivity index (χ1v) is 7.32. The van der Waals surface area contributed by atoms with Gasteiger partial charge in [0.1, 0.15) is 0 Å². The molecule has 4 heteroatoms. The quantitative estimate of drug-likeness (QED) is 0.871. The molecule has 2 fully saturated rings. The second-order valence-electron chi connectivity index (χ2n) is 5.98. The molecular weight excluding hydrogens is 226 g/mol.